The maximum absolute atomic E-state index is 12.4. The molecule has 2 aromatic rings. The van der Waals surface area contributed by atoms with E-state index in [2.05, 4.69) is 10.4 Å². The lowest BCUT2D eigenvalue weighted by molar-refractivity contribution is -0.124. The first-order valence-electron chi connectivity index (χ1n) is 8.16. The van der Waals surface area contributed by atoms with Crippen molar-refractivity contribution in [2.24, 2.45) is 0 Å². The Labute approximate surface area is 145 Å². The Bertz CT molecular complexity index is 825. The van der Waals surface area contributed by atoms with E-state index in [0.29, 0.717) is 17.2 Å². The summed E-state index contributed by atoms with van der Waals surface area (Å²) in [5.74, 6) is 0.873. The van der Waals surface area contributed by atoms with Crippen molar-refractivity contribution in [2.75, 3.05) is 14.2 Å². The van der Waals surface area contributed by atoms with E-state index in [0.717, 1.165) is 18.4 Å². The van der Waals surface area contributed by atoms with Gasteiger partial charge in [0.25, 0.3) is 5.56 Å². The summed E-state index contributed by atoms with van der Waals surface area (Å²) < 4.78 is 11.7. The molecule has 0 radical (unpaired) electrons. The first-order valence-corrected chi connectivity index (χ1v) is 8.16. The fourth-order valence-corrected chi connectivity index (χ4v) is 2.50. The van der Waals surface area contributed by atoms with Gasteiger partial charge in [-0.3, -0.25) is 9.59 Å². The predicted octanol–water partition coefficient (Wildman–Crippen LogP) is 1.77. The maximum atomic E-state index is 12.4. The second-order valence-corrected chi connectivity index (χ2v) is 6.03. The zero-order valence-corrected chi connectivity index (χ0v) is 14.5. The number of methoxy groups -OCH3 is 2. The van der Waals surface area contributed by atoms with Crippen LogP contribution in [-0.4, -0.2) is 35.9 Å². The summed E-state index contributed by atoms with van der Waals surface area (Å²) in [5, 5.41) is 7.29. The Kier molecular flexibility index (Phi) is 4.74. The van der Waals surface area contributed by atoms with Crippen LogP contribution in [0.5, 0.6) is 11.5 Å². The molecule has 1 aromatic carbocycles. The molecule has 1 aliphatic rings. The number of aromatic nitrogens is 2. The summed E-state index contributed by atoms with van der Waals surface area (Å²) in [5.41, 5.74) is 0.879. The molecular formula is C18H21N3O4. The van der Waals surface area contributed by atoms with E-state index in [-0.39, 0.29) is 17.5 Å². The molecule has 1 unspecified atom stereocenters. The highest BCUT2D eigenvalue weighted by Crippen LogP contribution is 2.28. The van der Waals surface area contributed by atoms with Gasteiger partial charge in [-0.15, -0.1) is 0 Å². The van der Waals surface area contributed by atoms with E-state index >= 15 is 0 Å². The van der Waals surface area contributed by atoms with Gasteiger partial charge in [0.2, 0.25) is 5.91 Å². The quantitative estimate of drug-likeness (QED) is 0.864. The standard InChI is InChI=1S/C18H21N3O4/c1-11(18(23)19-13-6-7-13)21-16(22)10-15(25-3)17(20-21)12-4-8-14(24-2)9-5-12/h4-5,8-11,13H,6-7H2,1-3H3,(H,19,23). The van der Waals surface area contributed by atoms with Crippen LogP contribution in [0.3, 0.4) is 0 Å². The number of amides is 1. The molecular weight excluding hydrogens is 322 g/mol. The topological polar surface area (TPSA) is 82.5 Å². The zero-order chi connectivity index (χ0) is 18.0. The highest BCUT2D eigenvalue weighted by atomic mass is 16.5. The van der Waals surface area contributed by atoms with E-state index in [1.807, 2.05) is 12.1 Å². The van der Waals surface area contributed by atoms with Gasteiger partial charge in [-0.2, -0.15) is 5.10 Å². The lowest BCUT2D eigenvalue weighted by atomic mass is 10.1. The third-order valence-electron chi connectivity index (χ3n) is 4.17. The monoisotopic (exact) mass is 343 g/mol. The molecule has 1 saturated carbocycles. The number of hydrogen-bond acceptors (Lipinski definition) is 5. The molecule has 1 fully saturated rings. The molecule has 0 aliphatic heterocycles. The van der Waals surface area contributed by atoms with Crippen molar-refractivity contribution in [1.29, 1.82) is 0 Å². The van der Waals surface area contributed by atoms with E-state index in [1.165, 1.54) is 17.9 Å². The SMILES string of the molecule is COc1ccc(-c2nn(C(C)C(=O)NC3CC3)c(=O)cc2OC)cc1. The minimum Gasteiger partial charge on any atom is -0.497 e. The molecule has 1 N–H and O–H groups in total. The van der Waals surface area contributed by atoms with Crippen LogP contribution in [0.1, 0.15) is 25.8 Å². The zero-order valence-electron chi connectivity index (χ0n) is 14.5. The Balaban J connectivity index is 1.98. The van der Waals surface area contributed by atoms with Crippen LogP contribution in [0.2, 0.25) is 0 Å². The van der Waals surface area contributed by atoms with Crippen LogP contribution >= 0.6 is 0 Å². The molecule has 7 nitrogen and oxygen atoms in total. The van der Waals surface area contributed by atoms with Crippen LogP contribution in [-0.2, 0) is 4.79 Å². The number of nitrogens with zero attached hydrogens (tertiary/aromatic N) is 2. The molecule has 25 heavy (non-hydrogen) atoms. The number of ether oxygens (including phenoxy) is 2. The summed E-state index contributed by atoms with van der Waals surface area (Å²) in [6, 6.07) is 8.14. The van der Waals surface area contributed by atoms with Crippen LogP contribution in [0.25, 0.3) is 11.3 Å². The lowest BCUT2D eigenvalue weighted by Gasteiger charge is -2.16. The average Bonchev–Trinajstić information content (AvgIpc) is 3.45. The molecule has 3 rings (SSSR count). The highest BCUT2D eigenvalue weighted by Gasteiger charge is 2.27. The van der Waals surface area contributed by atoms with Crippen LogP contribution in [0, 0.1) is 0 Å². The van der Waals surface area contributed by atoms with Gasteiger partial charge in [-0.1, -0.05) is 0 Å². The van der Waals surface area contributed by atoms with Gasteiger partial charge in [0.15, 0.2) is 5.75 Å². The number of hydrogen-bond donors (Lipinski definition) is 1. The minimum absolute atomic E-state index is 0.206. The van der Waals surface area contributed by atoms with Gasteiger partial charge in [0.1, 0.15) is 17.5 Å². The van der Waals surface area contributed by atoms with Gasteiger partial charge >= 0.3 is 0 Å². The van der Waals surface area contributed by atoms with Crippen molar-refractivity contribution < 1.29 is 14.3 Å². The van der Waals surface area contributed by atoms with Crippen molar-refractivity contribution in [2.45, 2.75) is 31.8 Å². The first kappa shape index (κ1) is 17.0. The Morgan fingerprint density at radius 1 is 1.24 bits per heavy atom. The third kappa shape index (κ3) is 3.65. The van der Waals surface area contributed by atoms with Crippen LogP contribution in [0.15, 0.2) is 35.1 Å². The van der Waals surface area contributed by atoms with E-state index in [9.17, 15) is 9.59 Å². The number of nitrogens with one attached hydrogen (secondary N) is 1. The normalized spacial score (nSPS) is 14.7. The second-order valence-electron chi connectivity index (χ2n) is 6.03. The predicted molar refractivity (Wildman–Crippen MR) is 92.9 cm³/mol. The Hall–Kier alpha value is -2.83. The maximum Gasteiger partial charge on any atom is 0.271 e. The van der Waals surface area contributed by atoms with Crippen molar-refractivity contribution >= 4 is 5.91 Å². The summed E-state index contributed by atoms with van der Waals surface area (Å²) in [6.07, 6.45) is 1.97. The van der Waals surface area contributed by atoms with E-state index in [1.54, 1.807) is 26.2 Å². The van der Waals surface area contributed by atoms with Gasteiger partial charge in [-0.25, -0.2) is 4.68 Å². The van der Waals surface area contributed by atoms with Crippen molar-refractivity contribution in [3.8, 4) is 22.8 Å². The lowest BCUT2D eigenvalue weighted by Crippen LogP contribution is -2.38. The van der Waals surface area contributed by atoms with Gasteiger partial charge in [0.05, 0.1) is 14.2 Å². The van der Waals surface area contributed by atoms with Crippen molar-refractivity contribution in [3.63, 3.8) is 0 Å². The molecule has 1 aliphatic carbocycles. The molecule has 7 heteroatoms. The average molecular weight is 343 g/mol. The van der Waals surface area contributed by atoms with Crippen molar-refractivity contribution in [1.82, 2.24) is 15.1 Å². The van der Waals surface area contributed by atoms with E-state index in [4.69, 9.17) is 9.47 Å². The number of benzene rings is 1. The number of rotatable bonds is 6. The van der Waals surface area contributed by atoms with Gasteiger partial charge in [0, 0.05) is 17.7 Å². The van der Waals surface area contributed by atoms with Gasteiger partial charge in [-0.05, 0) is 44.0 Å². The van der Waals surface area contributed by atoms with E-state index < -0.39 is 6.04 Å². The fourth-order valence-electron chi connectivity index (χ4n) is 2.50. The fraction of sp³-hybridized carbons (Fsp3) is 0.389. The highest BCUT2D eigenvalue weighted by molar-refractivity contribution is 5.80. The smallest absolute Gasteiger partial charge is 0.271 e. The van der Waals surface area contributed by atoms with Gasteiger partial charge < -0.3 is 14.8 Å². The molecule has 0 spiro atoms. The number of carbonyl (C=O) groups is 1. The molecule has 1 amide bonds. The Morgan fingerprint density at radius 3 is 2.48 bits per heavy atom. The van der Waals surface area contributed by atoms with Crippen molar-refractivity contribution in [3.05, 3.63) is 40.7 Å². The molecule has 0 bridgehead atoms. The second kappa shape index (κ2) is 6.96. The molecule has 1 atom stereocenters. The summed E-state index contributed by atoms with van der Waals surface area (Å²) in [6.45, 7) is 1.66. The van der Waals surface area contributed by atoms with Crippen LogP contribution in [0.4, 0.5) is 0 Å². The molecule has 0 saturated heterocycles. The largest absolute Gasteiger partial charge is 0.497 e. The summed E-state index contributed by atoms with van der Waals surface area (Å²) in [7, 11) is 3.07. The Morgan fingerprint density at radius 2 is 1.92 bits per heavy atom. The minimum atomic E-state index is -0.698. The third-order valence-corrected chi connectivity index (χ3v) is 4.17. The molecule has 1 aromatic heterocycles. The molecule has 132 valence electrons. The summed E-state index contributed by atoms with van der Waals surface area (Å²) >= 11 is 0. The first-order chi connectivity index (χ1) is 12.0. The summed E-state index contributed by atoms with van der Waals surface area (Å²) in [4.78, 5) is 24.6. The molecule has 1 heterocycles. The number of carbonyl (C=O) groups excluding carboxylic acids is 1. The van der Waals surface area contributed by atoms with Crippen LogP contribution < -0.4 is 20.3 Å².